The van der Waals surface area contributed by atoms with Crippen LogP contribution in [0, 0.1) is 6.92 Å². The van der Waals surface area contributed by atoms with E-state index in [1.807, 2.05) is 0 Å². The van der Waals surface area contributed by atoms with Crippen LogP contribution in [0.1, 0.15) is 54.9 Å². The molecule has 0 amide bonds. The quantitative estimate of drug-likeness (QED) is 0.609. The van der Waals surface area contributed by atoms with Crippen molar-refractivity contribution < 1.29 is 4.42 Å². The number of aliphatic imine (C=N–C) groups is 1. The molecule has 25 heavy (non-hydrogen) atoms. The molecule has 2 N–H and O–H groups in total. The van der Waals surface area contributed by atoms with Gasteiger partial charge in [0, 0.05) is 30.3 Å². The van der Waals surface area contributed by atoms with Gasteiger partial charge in [-0.3, -0.25) is 4.99 Å². The van der Waals surface area contributed by atoms with E-state index in [4.69, 9.17) is 4.42 Å². The summed E-state index contributed by atoms with van der Waals surface area (Å²) in [5, 5.41) is 7.70. The maximum Gasteiger partial charge on any atom is 0.213 e. The molecule has 0 saturated carbocycles. The smallest absolute Gasteiger partial charge is 0.213 e. The van der Waals surface area contributed by atoms with Crippen LogP contribution in [0.3, 0.4) is 0 Å². The summed E-state index contributed by atoms with van der Waals surface area (Å²) in [6.07, 6.45) is 3.67. The Morgan fingerprint density at radius 3 is 2.64 bits per heavy atom. The number of nitrogens with one attached hydrogen (secondary N) is 2. The largest absolute Gasteiger partial charge is 0.443 e. The van der Waals surface area contributed by atoms with Crippen molar-refractivity contribution in [1.82, 2.24) is 20.6 Å². The van der Waals surface area contributed by atoms with Gasteiger partial charge in [0.25, 0.3) is 0 Å². The van der Waals surface area contributed by atoms with E-state index >= 15 is 0 Å². The molecule has 0 aliphatic carbocycles. The standard InChI is InChI=1S/C18H29N5OS/c1-7-13-12(2)25-16(23-13)8-9-20-17(19-6)22-11-15-21-10-14(24-15)18(3,4)5/h10H,7-9,11H2,1-6H3,(H2,19,20,22). The molecule has 6 nitrogen and oxygen atoms in total. The summed E-state index contributed by atoms with van der Waals surface area (Å²) < 4.78 is 5.78. The van der Waals surface area contributed by atoms with Crippen molar-refractivity contribution in [2.45, 2.75) is 59.4 Å². The molecule has 2 heterocycles. The molecule has 2 aromatic heterocycles. The minimum Gasteiger partial charge on any atom is -0.443 e. The summed E-state index contributed by atoms with van der Waals surface area (Å²) >= 11 is 1.78. The monoisotopic (exact) mass is 363 g/mol. The Morgan fingerprint density at radius 1 is 1.32 bits per heavy atom. The number of nitrogens with zero attached hydrogens (tertiary/aromatic N) is 3. The molecule has 7 heteroatoms. The Morgan fingerprint density at radius 2 is 2.08 bits per heavy atom. The van der Waals surface area contributed by atoms with Gasteiger partial charge in [0.05, 0.1) is 23.4 Å². The zero-order valence-electron chi connectivity index (χ0n) is 16.1. The highest BCUT2D eigenvalue weighted by molar-refractivity contribution is 7.11. The number of thiazole rings is 1. The lowest BCUT2D eigenvalue weighted by atomic mass is 9.94. The van der Waals surface area contributed by atoms with Crippen LogP contribution in [-0.4, -0.2) is 29.5 Å². The molecule has 0 aliphatic heterocycles. The number of guanidine groups is 1. The van der Waals surface area contributed by atoms with Crippen molar-refractivity contribution in [1.29, 1.82) is 0 Å². The molecule has 0 aromatic carbocycles. The summed E-state index contributed by atoms with van der Waals surface area (Å²) in [5.41, 5.74) is 1.18. The highest BCUT2D eigenvalue weighted by Crippen LogP contribution is 2.22. The fourth-order valence-corrected chi connectivity index (χ4v) is 3.35. The third kappa shape index (κ3) is 5.56. The van der Waals surface area contributed by atoms with Crippen LogP contribution in [0.15, 0.2) is 15.6 Å². The first-order valence-corrected chi connectivity index (χ1v) is 9.50. The molecule has 0 radical (unpaired) electrons. The molecular weight excluding hydrogens is 334 g/mol. The first-order chi connectivity index (χ1) is 11.8. The van der Waals surface area contributed by atoms with E-state index in [-0.39, 0.29) is 5.41 Å². The Hall–Kier alpha value is -1.89. The first kappa shape index (κ1) is 19.4. The van der Waals surface area contributed by atoms with E-state index in [2.05, 4.69) is 60.2 Å². The van der Waals surface area contributed by atoms with Gasteiger partial charge in [0.15, 0.2) is 5.96 Å². The lowest BCUT2D eigenvalue weighted by Gasteiger charge is -2.13. The van der Waals surface area contributed by atoms with Crippen molar-refractivity contribution in [3.8, 4) is 0 Å². The zero-order valence-corrected chi connectivity index (χ0v) is 16.9. The van der Waals surface area contributed by atoms with Crippen LogP contribution in [0.5, 0.6) is 0 Å². The van der Waals surface area contributed by atoms with Gasteiger partial charge in [0.2, 0.25) is 5.89 Å². The second-order valence-electron chi connectivity index (χ2n) is 6.93. The van der Waals surface area contributed by atoms with Gasteiger partial charge in [-0.2, -0.15) is 0 Å². The van der Waals surface area contributed by atoms with E-state index in [0.717, 1.165) is 31.1 Å². The van der Waals surface area contributed by atoms with E-state index < -0.39 is 0 Å². The molecule has 0 fully saturated rings. The minimum absolute atomic E-state index is 0.0334. The molecule has 0 bridgehead atoms. The summed E-state index contributed by atoms with van der Waals surface area (Å²) in [7, 11) is 1.76. The normalized spacial score (nSPS) is 12.5. The molecule has 2 rings (SSSR count). The molecule has 0 spiro atoms. The maximum atomic E-state index is 5.78. The molecule has 0 atom stereocenters. The van der Waals surface area contributed by atoms with E-state index in [1.165, 1.54) is 15.6 Å². The van der Waals surface area contributed by atoms with Crippen LogP contribution in [0.2, 0.25) is 0 Å². The predicted octanol–water partition coefficient (Wildman–Crippen LogP) is 3.21. The number of hydrogen-bond acceptors (Lipinski definition) is 5. The first-order valence-electron chi connectivity index (χ1n) is 8.68. The second-order valence-corrected chi connectivity index (χ2v) is 8.22. The van der Waals surface area contributed by atoms with Gasteiger partial charge in [-0.1, -0.05) is 27.7 Å². The SMILES string of the molecule is CCc1nc(CCNC(=NC)NCc2ncc(C(C)(C)C)o2)sc1C. The van der Waals surface area contributed by atoms with Crippen LogP contribution in [0.4, 0.5) is 0 Å². The highest BCUT2D eigenvalue weighted by Gasteiger charge is 2.19. The Bertz CT molecular complexity index is 711. The average Bonchev–Trinajstić information content (AvgIpc) is 3.16. The van der Waals surface area contributed by atoms with Crippen molar-refractivity contribution in [3.63, 3.8) is 0 Å². The number of oxazole rings is 1. The molecule has 2 aromatic rings. The van der Waals surface area contributed by atoms with Crippen molar-refractivity contribution in [2.75, 3.05) is 13.6 Å². The van der Waals surface area contributed by atoms with E-state index in [0.29, 0.717) is 12.4 Å². The average molecular weight is 364 g/mol. The van der Waals surface area contributed by atoms with E-state index in [1.54, 1.807) is 24.6 Å². The third-order valence-corrected chi connectivity index (χ3v) is 4.90. The van der Waals surface area contributed by atoms with Crippen LogP contribution in [-0.2, 0) is 24.8 Å². The van der Waals surface area contributed by atoms with Gasteiger partial charge >= 0.3 is 0 Å². The fourth-order valence-electron chi connectivity index (χ4n) is 2.33. The summed E-state index contributed by atoms with van der Waals surface area (Å²) in [4.78, 5) is 14.5. The van der Waals surface area contributed by atoms with Crippen LogP contribution in [0.25, 0.3) is 0 Å². The maximum absolute atomic E-state index is 5.78. The van der Waals surface area contributed by atoms with Crippen molar-refractivity contribution in [3.05, 3.63) is 33.4 Å². The van der Waals surface area contributed by atoms with Gasteiger partial charge in [-0.15, -0.1) is 11.3 Å². The van der Waals surface area contributed by atoms with Crippen molar-refractivity contribution >= 4 is 17.3 Å². The second kappa shape index (κ2) is 8.47. The van der Waals surface area contributed by atoms with Crippen LogP contribution < -0.4 is 10.6 Å². The third-order valence-electron chi connectivity index (χ3n) is 3.83. The molecule has 0 saturated heterocycles. The number of hydrogen-bond donors (Lipinski definition) is 2. The van der Waals surface area contributed by atoms with Gasteiger partial charge in [0.1, 0.15) is 5.76 Å². The lowest BCUT2D eigenvalue weighted by molar-refractivity contribution is 0.379. The summed E-state index contributed by atoms with van der Waals surface area (Å²) in [5.74, 6) is 2.29. The van der Waals surface area contributed by atoms with E-state index in [9.17, 15) is 0 Å². The van der Waals surface area contributed by atoms with Crippen molar-refractivity contribution in [2.24, 2.45) is 4.99 Å². The zero-order chi connectivity index (χ0) is 18.4. The lowest BCUT2D eigenvalue weighted by Crippen LogP contribution is -2.37. The Kier molecular flexibility index (Phi) is 6.58. The number of aryl methyl sites for hydroxylation is 2. The Balaban J connectivity index is 1.79. The van der Waals surface area contributed by atoms with Gasteiger partial charge in [-0.25, -0.2) is 9.97 Å². The Labute approximate surface area is 154 Å². The van der Waals surface area contributed by atoms with Gasteiger partial charge < -0.3 is 15.1 Å². The topological polar surface area (TPSA) is 75.3 Å². The molecule has 0 unspecified atom stereocenters. The molecular formula is C18H29N5OS. The number of aromatic nitrogens is 2. The molecule has 138 valence electrons. The molecule has 0 aliphatic rings. The number of rotatable bonds is 6. The minimum atomic E-state index is -0.0334. The highest BCUT2D eigenvalue weighted by atomic mass is 32.1. The van der Waals surface area contributed by atoms with Crippen LogP contribution >= 0.6 is 11.3 Å². The predicted molar refractivity (Wildman–Crippen MR) is 103 cm³/mol. The van der Waals surface area contributed by atoms with Gasteiger partial charge in [-0.05, 0) is 13.3 Å². The fraction of sp³-hybridized carbons (Fsp3) is 0.611. The summed E-state index contributed by atoms with van der Waals surface area (Å²) in [6, 6.07) is 0. The summed E-state index contributed by atoms with van der Waals surface area (Å²) in [6.45, 7) is 11.9.